The van der Waals surface area contributed by atoms with E-state index in [9.17, 15) is 9.59 Å². The monoisotopic (exact) mass is 240 g/mol. The smallest absolute Gasteiger partial charge is 0.303 e. The molecule has 0 aromatic heterocycles. The lowest BCUT2D eigenvalue weighted by Crippen LogP contribution is -1.95. The summed E-state index contributed by atoms with van der Waals surface area (Å²) in [5.74, 6) is -1.60. The highest BCUT2D eigenvalue weighted by Crippen LogP contribution is 1.83. The maximum atomic E-state index is 9.65. The van der Waals surface area contributed by atoms with E-state index >= 15 is 0 Å². The zero-order valence-corrected chi connectivity index (χ0v) is 9.55. The van der Waals surface area contributed by atoms with Crippen LogP contribution in [0.2, 0.25) is 0 Å². The second kappa shape index (κ2) is 29.2. The zero-order valence-electron chi connectivity index (χ0n) is 9.55. The Kier molecular flexibility index (Phi) is 43.8. The number of rotatable bonds is 4. The van der Waals surface area contributed by atoms with Crippen LogP contribution in [0, 0.1) is 0 Å². The summed E-state index contributed by atoms with van der Waals surface area (Å²) in [6.07, 6.45) is 0.645. The van der Waals surface area contributed by atoms with Crippen LogP contribution in [0.1, 0.15) is 26.2 Å². The molecule has 0 rings (SSSR count). The van der Waals surface area contributed by atoms with Crippen molar-refractivity contribution in [3.8, 4) is 0 Å². The summed E-state index contributed by atoms with van der Waals surface area (Å²) in [4.78, 5) is 27.0. The Bertz CT molecular complexity index is 147. The molecule has 7 heteroatoms. The van der Waals surface area contributed by atoms with Crippen molar-refractivity contribution in [2.75, 3.05) is 13.7 Å². The van der Waals surface area contributed by atoms with Gasteiger partial charge < -0.3 is 25.2 Å². The summed E-state index contributed by atoms with van der Waals surface area (Å²) in [6.45, 7) is 3.56. The van der Waals surface area contributed by atoms with Crippen LogP contribution < -0.4 is 0 Å². The minimum Gasteiger partial charge on any atom is -0.481 e. The first-order valence-electron chi connectivity index (χ1n) is 4.32. The van der Waals surface area contributed by atoms with Crippen LogP contribution >= 0.6 is 0 Å². The van der Waals surface area contributed by atoms with E-state index in [1.807, 2.05) is 6.79 Å². The topological polar surface area (TPSA) is 132 Å². The van der Waals surface area contributed by atoms with Crippen molar-refractivity contribution in [2.45, 2.75) is 26.2 Å². The Morgan fingerprint density at radius 3 is 1.44 bits per heavy atom. The molecule has 98 valence electrons. The highest BCUT2D eigenvalue weighted by molar-refractivity contribution is 5.66. The van der Waals surface area contributed by atoms with E-state index < -0.39 is 11.9 Å². The average Bonchev–Trinajstić information content (AvgIpc) is 2.32. The predicted molar refractivity (Wildman–Crippen MR) is 57.1 cm³/mol. The molecular weight excluding hydrogens is 220 g/mol. The molecule has 4 N–H and O–H groups in total. The van der Waals surface area contributed by atoms with Crippen molar-refractivity contribution in [1.29, 1.82) is 0 Å². The van der Waals surface area contributed by atoms with Gasteiger partial charge in [0, 0.05) is 26.6 Å². The van der Waals surface area contributed by atoms with Crippen LogP contribution in [0.3, 0.4) is 0 Å². The number of hydrogen-bond acceptors (Lipinski definition) is 5. The maximum Gasteiger partial charge on any atom is 0.303 e. The summed E-state index contributed by atoms with van der Waals surface area (Å²) < 4.78 is 0. The van der Waals surface area contributed by atoms with Gasteiger partial charge in [-0.05, 0) is 6.42 Å². The van der Waals surface area contributed by atoms with E-state index in [2.05, 4.69) is 0 Å². The molecule has 0 atom stereocenters. The van der Waals surface area contributed by atoms with Crippen molar-refractivity contribution in [3.05, 3.63) is 0 Å². The molecule has 0 aromatic rings. The molecule has 0 aliphatic heterocycles. The molecule has 16 heavy (non-hydrogen) atoms. The maximum absolute atomic E-state index is 9.65. The van der Waals surface area contributed by atoms with Gasteiger partial charge in [0.15, 0.2) is 0 Å². The van der Waals surface area contributed by atoms with Crippen LogP contribution in [0.5, 0.6) is 0 Å². The van der Waals surface area contributed by atoms with Crippen LogP contribution in [0.15, 0.2) is 0 Å². The standard InChI is InChI=1S/C4H8O3.C3H6O2.CH4O.CH2O/c5-3-1-2-4(6)7;1-2-3(4)5;2*1-2/h5H,1-3H2,(H,6,7);2H2,1H3,(H,4,5);2H,1H3;1H2. The average molecular weight is 240 g/mol. The molecule has 0 aliphatic rings. The molecule has 0 saturated heterocycles. The Labute approximate surface area is 94.3 Å². The molecule has 0 radical (unpaired) electrons. The fourth-order valence-electron chi connectivity index (χ4n) is 0.230. The van der Waals surface area contributed by atoms with E-state index in [-0.39, 0.29) is 19.4 Å². The first-order chi connectivity index (χ1) is 7.54. The molecule has 0 spiro atoms. The van der Waals surface area contributed by atoms with Crippen LogP contribution in [0.4, 0.5) is 0 Å². The quantitative estimate of drug-likeness (QED) is 0.532. The first kappa shape index (κ1) is 24.0. The zero-order chi connectivity index (χ0) is 14.0. The molecule has 0 unspecified atom stereocenters. The number of carboxylic acid groups (broad SMARTS) is 2. The van der Waals surface area contributed by atoms with E-state index in [0.29, 0.717) is 6.42 Å². The molecule has 0 amide bonds. The van der Waals surface area contributed by atoms with Gasteiger partial charge in [-0.15, -0.1) is 0 Å². The summed E-state index contributed by atoms with van der Waals surface area (Å²) >= 11 is 0. The Morgan fingerprint density at radius 1 is 1.06 bits per heavy atom. The van der Waals surface area contributed by atoms with Crippen molar-refractivity contribution < 1.29 is 34.8 Å². The number of carboxylic acids is 2. The first-order valence-corrected chi connectivity index (χ1v) is 4.32. The number of carbonyl (C=O) groups excluding carboxylic acids is 1. The largest absolute Gasteiger partial charge is 0.481 e. The number of aliphatic carboxylic acids is 2. The lowest BCUT2D eigenvalue weighted by atomic mass is 10.3. The van der Waals surface area contributed by atoms with Gasteiger partial charge in [0.25, 0.3) is 0 Å². The normalized spacial score (nSPS) is 6.75. The predicted octanol–water partition coefficient (Wildman–Crippen LogP) is -0.252. The van der Waals surface area contributed by atoms with Gasteiger partial charge >= 0.3 is 11.9 Å². The minimum atomic E-state index is -0.853. The third kappa shape index (κ3) is 81.2. The van der Waals surface area contributed by atoms with Crippen LogP contribution in [-0.2, 0) is 14.4 Å². The van der Waals surface area contributed by atoms with E-state index in [0.717, 1.165) is 7.11 Å². The van der Waals surface area contributed by atoms with Gasteiger partial charge in [-0.3, -0.25) is 9.59 Å². The van der Waals surface area contributed by atoms with Crippen molar-refractivity contribution in [2.24, 2.45) is 0 Å². The summed E-state index contributed by atoms with van der Waals surface area (Å²) in [6, 6.07) is 0. The summed E-state index contributed by atoms with van der Waals surface area (Å²) in [5, 5.41) is 30.7. The van der Waals surface area contributed by atoms with Gasteiger partial charge in [-0.1, -0.05) is 6.92 Å². The van der Waals surface area contributed by atoms with Crippen LogP contribution in [-0.4, -0.2) is 52.9 Å². The fourth-order valence-corrected chi connectivity index (χ4v) is 0.230. The second-order valence-electron chi connectivity index (χ2n) is 1.97. The molecule has 7 nitrogen and oxygen atoms in total. The minimum absolute atomic E-state index is 0.0354. The van der Waals surface area contributed by atoms with Gasteiger partial charge in [0.05, 0.1) is 0 Å². The number of aliphatic hydroxyl groups is 2. The van der Waals surface area contributed by atoms with Gasteiger partial charge in [0.1, 0.15) is 6.79 Å². The Morgan fingerprint density at radius 2 is 1.38 bits per heavy atom. The summed E-state index contributed by atoms with van der Waals surface area (Å²) in [5.41, 5.74) is 0. The molecule has 0 saturated carbocycles. The van der Waals surface area contributed by atoms with E-state index in [4.69, 9.17) is 25.2 Å². The van der Waals surface area contributed by atoms with E-state index in [1.54, 1.807) is 6.92 Å². The Hall–Kier alpha value is -1.47. The molecule has 0 aromatic carbocycles. The van der Waals surface area contributed by atoms with Gasteiger partial charge in [0.2, 0.25) is 0 Å². The molecule has 0 heterocycles. The molecule has 0 fully saturated rings. The lowest BCUT2D eigenvalue weighted by molar-refractivity contribution is -0.138. The number of hydrogen-bond donors (Lipinski definition) is 4. The second-order valence-corrected chi connectivity index (χ2v) is 1.97. The van der Waals surface area contributed by atoms with Crippen molar-refractivity contribution in [3.63, 3.8) is 0 Å². The van der Waals surface area contributed by atoms with Gasteiger partial charge in [-0.25, -0.2) is 0 Å². The SMILES string of the molecule is C=O.CCC(=O)O.CO.O=C(O)CCCO. The molecule has 0 bridgehead atoms. The Balaban J connectivity index is -0.0000000704. The van der Waals surface area contributed by atoms with Crippen molar-refractivity contribution >= 4 is 18.7 Å². The van der Waals surface area contributed by atoms with Crippen LogP contribution in [0.25, 0.3) is 0 Å². The third-order valence-corrected chi connectivity index (χ3v) is 0.851. The fraction of sp³-hybridized carbons (Fsp3) is 0.667. The van der Waals surface area contributed by atoms with Crippen molar-refractivity contribution in [1.82, 2.24) is 0 Å². The molecule has 0 aliphatic carbocycles. The number of carbonyl (C=O) groups is 3. The van der Waals surface area contributed by atoms with E-state index in [1.165, 1.54) is 0 Å². The highest BCUT2D eigenvalue weighted by Gasteiger charge is 1.91. The summed E-state index contributed by atoms with van der Waals surface area (Å²) in [7, 11) is 1.00. The molecular formula is C9H20O7. The third-order valence-electron chi connectivity index (χ3n) is 0.851. The highest BCUT2D eigenvalue weighted by atomic mass is 16.4. The number of aliphatic hydroxyl groups excluding tert-OH is 2. The lowest BCUT2D eigenvalue weighted by Gasteiger charge is -1.85. The van der Waals surface area contributed by atoms with Gasteiger partial charge in [-0.2, -0.15) is 0 Å².